The van der Waals surface area contributed by atoms with E-state index in [4.69, 9.17) is 37.9 Å². The number of hydrogen-bond donors (Lipinski definition) is 2. The third kappa shape index (κ3) is 18.9. The second-order valence-corrected chi connectivity index (χ2v) is 22.1. The standard InChI is InChI=1S/C59H93NO16/c1-37-19-13-12-14-20-38(2)49(70-9)35-45-25-23-43(7)59(68,76-45)56(65)57(66)60-27-17-15-21-46(60)58(67)75-50(36-47(61)39(3)32-42(6)54(64)55(72-11)53(63)41(5)31-37)40(4)33-44-24-26-48(51(34-44)71-10)74-52(62)22-16-18-28-73-30-29-69-8/h12-14,19-20,32,37,39-41,43-46,48-51,54-55,64,68H,15-18,21-31,33-36H2,1-11H3/b14-12+,19-13+,38-20+,42-32+/t37-,39-,40-,41-,43-,44+,45+,46+,48-,49+,50+,51-,54-,55+,59-/m1/s1. The molecule has 0 radical (unpaired) electrons. The van der Waals surface area contributed by atoms with Gasteiger partial charge in [0.2, 0.25) is 5.79 Å². The molecule has 3 heterocycles. The van der Waals surface area contributed by atoms with Crippen molar-refractivity contribution in [2.75, 3.05) is 54.8 Å². The van der Waals surface area contributed by atoms with E-state index in [2.05, 4.69) is 0 Å². The third-order valence-corrected chi connectivity index (χ3v) is 16.1. The van der Waals surface area contributed by atoms with Crippen LogP contribution in [0.15, 0.2) is 47.6 Å². The average molecular weight is 1070 g/mol. The molecule has 0 spiro atoms. The van der Waals surface area contributed by atoms with Gasteiger partial charge in [0.25, 0.3) is 11.7 Å². The lowest BCUT2D eigenvalue weighted by molar-refractivity contribution is -0.265. The third-order valence-electron chi connectivity index (χ3n) is 16.1. The van der Waals surface area contributed by atoms with Gasteiger partial charge >= 0.3 is 11.9 Å². The monoisotopic (exact) mass is 1070 g/mol. The summed E-state index contributed by atoms with van der Waals surface area (Å²) in [4.78, 5) is 85.5. The van der Waals surface area contributed by atoms with Crippen LogP contribution in [0.3, 0.4) is 0 Å². The summed E-state index contributed by atoms with van der Waals surface area (Å²) in [7, 11) is 6.15. The van der Waals surface area contributed by atoms with Crippen molar-refractivity contribution in [1.82, 2.24) is 4.90 Å². The van der Waals surface area contributed by atoms with Crippen LogP contribution in [0.5, 0.6) is 0 Å². The van der Waals surface area contributed by atoms with Crippen molar-refractivity contribution in [1.29, 1.82) is 0 Å². The van der Waals surface area contributed by atoms with Crippen molar-refractivity contribution < 1.29 is 76.9 Å². The molecule has 4 aliphatic rings. The van der Waals surface area contributed by atoms with E-state index in [1.807, 2.05) is 58.1 Å². The van der Waals surface area contributed by atoms with Crippen LogP contribution in [0.4, 0.5) is 0 Å². The minimum absolute atomic E-state index is 0.00373. The molecule has 0 aromatic rings. The van der Waals surface area contributed by atoms with Crippen molar-refractivity contribution in [2.24, 2.45) is 35.5 Å². The first kappa shape index (κ1) is 64.6. The van der Waals surface area contributed by atoms with Crippen LogP contribution in [0.1, 0.15) is 145 Å². The van der Waals surface area contributed by atoms with Crippen molar-refractivity contribution >= 4 is 35.2 Å². The molecule has 3 aliphatic heterocycles. The van der Waals surface area contributed by atoms with Gasteiger partial charge in [0.05, 0.1) is 31.5 Å². The van der Waals surface area contributed by atoms with E-state index < -0.39 is 89.8 Å². The van der Waals surface area contributed by atoms with Gasteiger partial charge in [-0.2, -0.15) is 0 Å². The summed E-state index contributed by atoms with van der Waals surface area (Å²) in [6.45, 7) is 14.2. The molecule has 17 heteroatoms. The Labute approximate surface area is 452 Å². The zero-order valence-corrected chi connectivity index (χ0v) is 47.5. The Kier molecular flexibility index (Phi) is 27.4. The van der Waals surface area contributed by atoms with Crippen molar-refractivity contribution in [2.45, 2.75) is 199 Å². The molecule has 430 valence electrons. The number of rotatable bonds is 15. The first-order chi connectivity index (χ1) is 36.2. The molecule has 4 rings (SSSR count). The minimum atomic E-state index is -2.45. The molecule has 2 saturated heterocycles. The van der Waals surface area contributed by atoms with Crippen molar-refractivity contribution in [3.63, 3.8) is 0 Å². The fourth-order valence-electron chi connectivity index (χ4n) is 11.2. The number of methoxy groups -OCH3 is 4. The number of fused-ring (bicyclic) bond motifs is 3. The van der Waals surface area contributed by atoms with Gasteiger partial charge in [0.15, 0.2) is 5.78 Å². The number of Topliss-reactive ketones (excluding diaryl/α,β-unsaturated/α-hetero) is 3. The van der Waals surface area contributed by atoms with Crippen LogP contribution in [0.25, 0.3) is 0 Å². The number of unbranched alkanes of at least 4 members (excludes halogenated alkanes) is 1. The van der Waals surface area contributed by atoms with E-state index in [9.17, 15) is 39.0 Å². The number of hydrogen-bond acceptors (Lipinski definition) is 16. The maximum Gasteiger partial charge on any atom is 0.329 e. The van der Waals surface area contributed by atoms with Gasteiger partial charge in [-0.3, -0.25) is 24.0 Å². The number of esters is 2. The second kappa shape index (κ2) is 32.2. The largest absolute Gasteiger partial charge is 0.460 e. The summed E-state index contributed by atoms with van der Waals surface area (Å²) < 4.78 is 46.3. The molecule has 0 aromatic carbocycles. The quantitative estimate of drug-likeness (QED) is 0.0699. The SMILES string of the molecule is COCCOCCCCC(=O)O[C@@H]1CC[C@@H](C[C@@H](C)[C@@H]2CC(=O)[C@H](C)/C=C(\C)[C@@H](O)[C@@H](OC)C(=O)[C@H](C)C[C@H](C)/C=C/C=C/C=C(\C)[C@@H](OC)C[C@@H]3CC[C@@H](C)[C@@](O)(O3)C(=O)C(=O)N3CCCC[C@H]3C(=O)O2)C[C@H]1OC. The van der Waals surface area contributed by atoms with Crippen LogP contribution in [-0.2, 0) is 66.7 Å². The van der Waals surface area contributed by atoms with E-state index in [1.165, 1.54) is 12.0 Å². The van der Waals surface area contributed by atoms with E-state index in [0.29, 0.717) is 102 Å². The predicted molar refractivity (Wildman–Crippen MR) is 286 cm³/mol. The number of nitrogens with zero attached hydrogens (tertiary/aromatic N) is 1. The zero-order chi connectivity index (χ0) is 56.1. The normalized spacial score (nSPS) is 36.2. The van der Waals surface area contributed by atoms with Gasteiger partial charge in [-0.05, 0) is 120 Å². The average Bonchev–Trinajstić information content (AvgIpc) is 3.40. The number of amides is 1. The smallest absolute Gasteiger partial charge is 0.329 e. The highest BCUT2D eigenvalue weighted by Crippen LogP contribution is 2.38. The molecule has 0 aromatic heterocycles. The van der Waals surface area contributed by atoms with Gasteiger partial charge in [-0.15, -0.1) is 0 Å². The number of ketones is 3. The molecule has 2 bridgehead atoms. The van der Waals surface area contributed by atoms with Crippen molar-refractivity contribution in [3.8, 4) is 0 Å². The lowest BCUT2D eigenvalue weighted by Crippen LogP contribution is -2.61. The fourth-order valence-corrected chi connectivity index (χ4v) is 11.2. The van der Waals surface area contributed by atoms with Crippen LogP contribution in [-0.4, -0.2) is 160 Å². The molecule has 17 nitrogen and oxygen atoms in total. The number of allylic oxidation sites excluding steroid dienone is 6. The molecule has 3 fully saturated rings. The second-order valence-electron chi connectivity index (χ2n) is 22.1. The van der Waals surface area contributed by atoms with Crippen LogP contribution in [0, 0.1) is 35.5 Å². The van der Waals surface area contributed by atoms with Crippen molar-refractivity contribution in [3.05, 3.63) is 47.6 Å². The van der Waals surface area contributed by atoms with Crippen LogP contribution in [0.2, 0.25) is 0 Å². The van der Waals surface area contributed by atoms with Gasteiger partial charge in [0, 0.05) is 78.6 Å². The molecular formula is C59H93NO16. The summed E-state index contributed by atoms with van der Waals surface area (Å²) in [6.07, 6.45) is 12.5. The van der Waals surface area contributed by atoms with E-state index in [0.717, 1.165) is 5.57 Å². The van der Waals surface area contributed by atoms with E-state index >= 15 is 0 Å². The molecule has 76 heavy (non-hydrogen) atoms. The first-order valence-electron chi connectivity index (χ1n) is 27.9. The zero-order valence-electron chi connectivity index (χ0n) is 47.5. The highest BCUT2D eigenvalue weighted by atomic mass is 16.6. The number of piperidine rings is 1. The Morgan fingerprint density at radius 1 is 0.829 bits per heavy atom. The number of ether oxygens (including phenoxy) is 8. The number of aliphatic hydroxyl groups is 2. The van der Waals surface area contributed by atoms with Gasteiger partial charge in [-0.1, -0.05) is 71.1 Å². The molecule has 1 saturated carbocycles. The summed E-state index contributed by atoms with van der Waals surface area (Å²) in [5, 5.41) is 23.6. The summed E-state index contributed by atoms with van der Waals surface area (Å²) in [6, 6.07) is -1.17. The molecule has 15 atom stereocenters. The Balaban J connectivity index is 1.63. The molecule has 0 unspecified atom stereocenters. The van der Waals surface area contributed by atoms with E-state index in [-0.39, 0.29) is 61.3 Å². The number of aliphatic hydroxyl groups excluding tert-OH is 1. The summed E-state index contributed by atoms with van der Waals surface area (Å²) >= 11 is 0. The Hall–Kier alpha value is -3.94. The highest BCUT2D eigenvalue weighted by molar-refractivity contribution is 6.39. The van der Waals surface area contributed by atoms with Gasteiger partial charge in [0.1, 0.15) is 36.2 Å². The number of carbonyl (C=O) groups is 6. The summed E-state index contributed by atoms with van der Waals surface area (Å²) in [5.41, 5.74) is 1.24. The fraction of sp³-hybridized carbons (Fsp3) is 0.763. The maximum absolute atomic E-state index is 14.6. The van der Waals surface area contributed by atoms with Crippen LogP contribution < -0.4 is 0 Å². The molecule has 2 N–H and O–H groups in total. The highest BCUT2D eigenvalue weighted by Gasteiger charge is 2.53. The Bertz CT molecular complexity index is 2020. The summed E-state index contributed by atoms with van der Waals surface area (Å²) in [5.74, 6) is -8.58. The lowest BCUT2D eigenvalue weighted by atomic mass is 9.78. The molecule has 1 aliphatic carbocycles. The lowest BCUT2D eigenvalue weighted by Gasteiger charge is -2.42. The van der Waals surface area contributed by atoms with E-state index in [1.54, 1.807) is 48.2 Å². The van der Waals surface area contributed by atoms with Gasteiger partial charge < -0.3 is 53.0 Å². The predicted octanol–water partition coefficient (Wildman–Crippen LogP) is 7.56. The number of cyclic esters (lactones) is 1. The number of carbonyl (C=O) groups excluding carboxylic acids is 6. The van der Waals surface area contributed by atoms with Gasteiger partial charge in [-0.25, -0.2) is 4.79 Å². The molecule has 1 amide bonds. The molecular weight excluding hydrogens is 979 g/mol. The maximum atomic E-state index is 14.6. The topological polar surface area (TPSA) is 220 Å². The minimum Gasteiger partial charge on any atom is -0.460 e. The van der Waals surface area contributed by atoms with Crippen LogP contribution >= 0.6 is 0 Å². The first-order valence-corrected chi connectivity index (χ1v) is 27.9. The Morgan fingerprint density at radius 3 is 2.28 bits per heavy atom. The Morgan fingerprint density at radius 2 is 1.58 bits per heavy atom.